The monoisotopic (exact) mass is 428 g/mol. The van der Waals surface area contributed by atoms with E-state index in [-0.39, 0.29) is 11.8 Å². The van der Waals surface area contributed by atoms with Gasteiger partial charge in [0.2, 0.25) is 11.8 Å². The Morgan fingerprint density at radius 1 is 1.28 bits per heavy atom. The molecule has 9 nitrogen and oxygen atoms in total. The molecule has 2 aliphatic heterocycles. The lowest BCUT2D eigenvalue weighted by atomic mass is 9.91. The molecule has 1 fully saturated rings. The quantitative estimate of drug-likeness (QED) is 0.461. The van der Waals surface area contributed by atoms with Gasteiger partial charge in [-0.2, -0.15) is 10.2 Å². The molecule has 160 valence electrons. The molecule has 4 heterocycles. The maximum absolute atomic E-state index is 12.9. The molecule has 1 saturated carbocycles. The van der Waals surface area contributed by atoms with E-state index in [9.17, 15) is 4.79 Å². The van der Waals surface area contributed by atoms with Gasteiger partial charge in [-0.05, 0) is 47.9 Å². The average molecular weight is 428 g/mol. The number of carbonyl (C=O) groups is 1. The molecule has 3 aliphatic rings. The number of nitrogens with zero attached hydrogens (tertiary/aromatic N) is 3. The number of benzene rings is 2. The van der Waals surface area contributed by atoms with E-state index in [0.29, 0.717) is 6.61 Å². The molecule has 2 aromatic carbocycles. The Hall–Kier alpha value is -4.01. The third kappa shape index (κ3) is 2.25. The van der Waals surface area contributed by atoms with Crippen LogP contribution in [0.4, 0.5) is 17.2 Å². The summed E-state index contributed by atoms with van der Waals surface area (Å²) in [5, 5.41) is 19.2. The molecule has 9 heteroatoms. The highest BCUT2D eigenvalue weighted by Gasteiger charge is 2.65. The first-order valence-electron chi connectivity index (χ1n) is 10.6. The van der Waals surface area contributed by atoms with Crippen molar-refractivity contribution >= 4 is 34.0 Å². The normalized spacial score (nSPS) is 22.5. The van der Waals surface area contributed by atoms with Crippen molar-refractivity contribution in [2.24, 2.45) is 0 Å². The van der Waals surface area contributed by atoms with Crippen molar-refractivity contribution in [2.45, 2.75) is 24.3 Å². The van der Waals surface area contributed by atoms with Crippen LogP contribution >= 0.6 is 0 Å². The summed E-state index contributed by atoms with van der Waals surface area (Å²) in [4.78, 5) is 12.9. The van der Waals surface area contributed by atoms with Crippen LogP contribution < -0.4 is 20.1 Å². The standard InChI is InChI=1S/C23H20N6O3/c1-31-13-3-5-17-15(9-13)23(22(30)26-17)10-16(23)12-2-4-14-18(8-12)27-28-20(14)25-19-11-24-29-6-7-32-21(19)29/h2-5,8-9,11,16H,6-7,10H2,1H3,(H,26,30)(H2,25,27,28)/t16-,23-/m0/s1. The maximum Gasteiger partial charge on any atom is 0.236 e. The van der Waals surface area contributed by atoms with Gasteiger partial charge in [0.15, 0.2) is 5.82 Å². The smallest absolute Gasteiger partial charge is 0.236 e. The predicted molar refractivity (Wildman–Crippen MR) is 118 cm³/mol. The lowest BCUT2D eigenvalue weighted by molar-refractivity contribution is -0.118. The van der Waals surface area contributed by atoms with Crippen molar-refractivity contribution < 1.29 is 14.3 Å². The highest BCUT2D eigenvalue weighted by molar-refractivity contribution is 6.10. The van der Waals surface area contributed by atoms with Crippen LogP contribution in [0.15, 0.2) is 42.6 Å². The number of hydrogen-bond acceptors (Lipinski definition) is 6. The van der Waals surface area contributed by atoms with Gasteiger partial charge in [-0.3, -0.25) is 9.89 Å². The Labute approximate surface area is 182 Å². The lowest BCUT2D eigenvalue weighted by Crippen LogP contribution is -2.21. The largest absolute Gasteiger partial charge is 0.497 e. The summed E-state index contributed by atoms with van der Waals surface area (Å²) in [7, 11) is 1.64. The number of fused-ring (bicyclic) bond motifs is 4. The Kier molecular flexibility index (Phi) is 3.33. The summed E-state index contributed by atoms with van der Waals surface area (Å²) in [6, 6.07) is 12.0. The molecule has 1 spiro atoms. The fraction of sp³-hybridized carbons (Fsp3) is 0.261. The number of aromatic amines is 1. The SMILES string of the molecule is COc1ccc2c(c1)[C@]1(C[C@H]1c1ccc3c(Nc4cnn5c4OCC5)n[nH]c3c1)C(=O)N2. The van der Waals surface area contributed by atoms with Crippen molar-refractivity contribution in [3.05, 3.63) is 53.7 Å². The molecular weight excluding hydrogens is 408 g/mol. The van der Waals surface area contributed by atoms with E-state index in [1.807, 2.05) is 28.9 Å². The molecule has 4 aromatic rings. The second-order valence-electron chi connectivity index (χ2n) is 8.53. The van der Waals surface area contributed by atoms with Gasteiger partial charge in [0, 0.05) is 17.0 Å². The number of H-pyrrole nitrogens is 1. The number of nitrogens with one attached hydrogen (secondary N) is 3. The average Bonchev–Trinajstić information content (AvgIpc) is 3.14. The lowest BCUT2D eigenvalue weighted by Gasteiger charge is -2.10. The minimum absolute atomic E-state index is 0.0629. The molecule has 1 aliphatic carbocycles. The summed E-state index contributed by atoms with van der Waals surface area (Å²) in [5.41, 5.74) is 4.22. The Morgan fingerprint density at radius 3 is 3.12 bits per heavy atom. The minimum atomic E-state index is -0.519. The number of methoxy groups -OCH3 is 1. The van der Waals surface area contributed by atoms with Gasteiger partial charge in [0.05, 0.1) is 30.8 Å². The van der Waals surface area contributed by atoms with Gasteiger partial charge in [0.1, 0.15) is 18.0 Å². The molecular formula is C23H20N6O3. The highest BCUT2D eigenvalue weighted by atomic mass is 16.5. The van der Waals surface area contributed by atoms with Gasteiger partial charge in [-0.15, -0.1) is 0 Å². The molecule has 3 N–H and O–H groups in total. The Morgan fingerprint density at radius 2 is 2.22 bits per heavy atom. The zero-order valence-corrected chi connectivity index (χ0v) is 17.3. The highest BCUT2D eigenvalue weighted by Crippen LogP contribution is 2.65. The maximum atomic E-state index is 12.9. The van der Waals surface area contributed by atoms with E-state index in [1.54, 1.807) is 13.3 Å². The number of rotatable bonds is 4. The van der Waals surface area contributed by atoms with Crippen LogP contribution in [0.25, 0.3) is 10.9 Å². The molecule has 0 radical (unpaired) electrons. The first-order chi connectivity index (χ1) is 15.7. The zero-order valence-electron chi connectivity index (χ0n) is 17.3. The van der Waals surface area contributed by atoms with E-state index in [1.165, 1.54) is 0 Å². The van der Waals surface area contributed by atoms with Gasteiger partial charge >= 0.3 is 0 Å². The van der Waals surface area contributed by atoms with Gasteiger partial charge in [-0.25, -0.2) is 4.68 Å². The van der Waals surface area contributed by atoms with Crippen molar-refractivity contribution in [1.82, 2.24) is 20.0 Å². The van der Waals surface area contributed by atoms with Crippen LogP contribution in [0.1, 0.15) is 23.5 Å². The van der Waals surface area contributed by atoms with Crippen molar-refractivity contribution in [2.75, 3.05) is 24.4 Å². The Bertz CT molecular complexity index is 1420. The van der Waals surface area contributed by atoms with Crippen LogP contribution in [0.2, 0.25) is 0 Å². The number of ether oxygens (including phenoxy) is 2. The minimum Gasteiger partial charge on any atom is -0.497 e. The van der Waals surface area contributed by atoms with E-state index >= 15 is 0 Å². The zero-order chi connectivity index (χ0) is 21.4. The third-order valence-electron chi connectivity index (χ3n) is 6.90. The van der Waals surface area contributed by atoms with Gasteiger partial charge in [0.25, 0.3) is 0 Å². The van der Waals surface area contributed by atoms with Crippen molar-refractivity contribution in [1.29, 1.82) is 0 Å². The number of amides is 1. The van der Waals surface area contributed by atoms with Crippen molar-refractivity contribution in [3.63, 3.8) is 0 Å². The van der Waals surface area contributed by atoms with Crippen LogP contribution in [-0.2, 0) is 16.8 Å². The molecule has 0 saturated heterocycles. The molecule has 0 bridgehead atoms. The van der Waals surface area contributed by atoms with E-state index in [4.69, 9.17) is 9.47 Å². The second-order valence-corrected chi connectivity index (χ2v) is 8.53. The number of aromatic nitrogens is 4. The van der Waals surface area contributed by atoms with Gasteiger partial charge < -0.3 is 20.1 Å². The summed E-state index contributed by atoms with van der Waals surface area (Å²) in [6.07, 6.45) is 2.53. The molecule has 2 aromatic heterocycles. The molecule has 32 heavy (non-hydrogen) atoms. The van der Waals surface area contributed by atoms with Crippen molar-refractivity contribution in [3.8, 4) is 11.6 Å². The fourth-order valence-electron chi connectivity index (χ4n) is 5.18. The molecule has 0 unspecified atom stereocenters. The van der Waals surface area contributed by atoms with Gasteiger partial charge in [-0.1, -0.05) is 6.07 Å². The van der Waals surface area contributed by atoms with Crippen LogP contribution in [-0.4, -0.2) is 39.6 Å². The summed E-state index contributed by atoms with van der Waals surface area (Å²) in [6.45, 7) is 1.39. The topological polar surface area (TPSA) is 106 Å². The predicted octanol–water partition coefficient (Wildman–Crippen LogP) is 3.28. The molecule has 2 atom stereocenters. The number of carbonyl (C=O) groups excluding carboxylic acids is 1. The van der Waals surface area contributed by atoms with E-state index in [0.717, 1.165) is 63.8 Å². The number of anilines is 3. The van der Waals surface area contributed by atoms with Crippen LogP contribution in [0.3, 0.4) is 0 Å². The number of hydrogen-bond donors (Lipinski definition) is 3. The van der Waals surface area contributed by atoms with Crippen LogP contribution in [0, 0.1) is 0 Å². The summed E-state index contributed by atoms with van der Waals surface area (Å²) < 4.78 is 12.9. The van der Waals surface area contributed by atoms with E-state index < -0.39 is 5.41 Å². The molecule has 7 rings (SSSR count). The molecule has 1 amide bonds. The van der Waals surface area contributed by atoms with E-state index in [2.05, 4.69) is 38.1 Å². The summed E-state index contributed by atoms with van der Waals surface area (Å²) in [5.74, 6) is 2.40. The van der Waals surface area contributed by atoms with Crippen LogP contribution in [0.5, 0.6) is 11.6 Å². The second kappa shape index (κ2) is 6.03. The first-order valence-corrected chi connectivity index (χ1v) is 10.6. The summed E-state index contributed by atoms with van der Waals surface area (Å²) >= 11 is 0. The first kappa shape index (κ1) is 17.6. The Balaban J connectivity index is 1.21. The fourth-order valence-corrected chi connectivity index (χ4v) is 5.18. The third-order valence-corrected chi connectivity index (χ3v) is 6.90.